The van der Waals surface area contributed by atoms with E-state index in [1.807, 2.05) is 42.5 Å². The van der Waals surface area contributed by atoms with E-state index >= 15 is 0 Å². The van der Waals surface area contributed by atoms with Crippen LogP contribution >= 0.6 is 15.9 Å². The lowest BCUT2D eigenvalue weighted by atomic mass is 10.0. The molecule has 2 aromatic heterocycles. The van der Waals surface area contributed by atoms with Crippen LogP contribution in [0.3, 0.4) is 0 Å². The Kier molecular flexibility index (Phi) is 3.91. The summed E-state index contributed by atoms with van der Waals surface area (Å²) >= 11 is 3.52. The van der Waals surface area contributed by atoms with Gasteiger partial charge in [-0.1, -0.05) is 76.6 Å². The number of fused-ring (bicyclic) bond motifs is 3. The molecule has 5 aromatic rings. The van der Waals surface area contributed by atoms with Crippen molar-refractivity contribution in [1.29, 1.82) is 0 Å². The minimum atomic E-state index is 0.624. The van der Waals surface area contributed by atoms with Crippen molar-refractivity contribution in [2.24, 2.45) is 0 Å². The highest BCUT2D eigenvalue weighted by Gasteiger charge is 2.14. The molecule has 0 N–H and O–H groups in total. The van der Waals surface area contributed by atoms with Crippen LogP contribution in [0.25, 0.3) is 44.5 Å². The Labute approximate surface area is 164 Å². The van der Waals surface area contributed by atoms with Crippen LogP contribution in [-0.2, 0) is 0 Å². The van der Waals surface area contributed by atoms with E-state index < -0.39 is 0 Å². The Hall–Kier alpha value is -3.11. The second-order valence-electron chi connectivity index (χ2n) is 6.30. The molecule has 0 spiro atoms. The molecule has 0 unspecified atom stereocenters. The zero-order valence-electron chi connectivity index (χ0n) is 14.3. The average Bonchev–Trinajstić information content (AvgIpc) is 2.73. The largest absolute Gasteiger partial charge is 0.253 e. The van der Waals surface area contributed by atoms with Gasteiger partial charge in [0.2, 0.25) is 0 Å². The maximum Gasteiger partial charge on any atom is 0.179 e. The first-order valence-electron chi connectivity index (χ1n) is 8.66. The van der Waals surface area contributed by atoms with Gasteiger partial charge in [0, 0.05) is 27.0 Å². The lowest BCUT2D eigenvalue weighted by molar-refractivity contribution is 1.18. The van der Waals surface area contributed by atoms with Crippen LogP contribution in [0.4, 0.5) is 0 Å². The van der Waals surface area contributed by atoms with Crippen molar-refractivity contribution in [2.45, 2.75) is 0 Å². The predicted molar refractivity (Wildman–Crippen MR) is 113 cm³/mol. The molecule has 0 amide bonds. The highest BCUT2D eigenvalue weighted by Crippen LogP contribution is 2.33. The van der Waals surface area contributed by atoms with E-state index in [1.165, 1.54) is 0 Å². The first-order valence-corrected chi connectivity index (χ1v) is 9.46. The summed E-state index contributed by atoms with van der Waals surface area (Å²) in [6.45, 7) is 0. The smallest absolute Gasteiger partial charge is 0.179 e. The van der Waals surface area contributed by atoms with Crippen molar-refractivity contribution < 1.29 is 0 Å². The van der Waals surface area contributed by atoms with Crippen LogP contribution in [0, 0.1) is 0 Å². The lowest BCUT2D eigenvalue weighted by Gasteiger charge is -2.11. The molecule has 0 saturated heterocycles. The quantitative estimate of drug-likeness (QED) is 0.321. The van der Waals surface area contributed by atoms with Crippen LogP contribution in [0.15, 0.2) is 89.5 Å². The lowest BCUT2D eigenvalue weighted by Crippen LogP contribution is -1.97. The van der Waals surface area contributed by atoms with Crippen molar-refractivity contribution in [3.8, 4) is 22.8 Å². The molecule has 3 aromatic carbocycles. The fraction of sp³-hybridized carbons (Fsp3) is 0. The van der Waals surface area contributed by atoms with Gasteiger partial charge in [0.15, 0.2) is 5.82 Å². The Morgan fingerprint density at radius 2 is 1.52 bits per heavy atom. The van der Waals surface area contributed by atoms with Crippen LogP contribution in [0.2, 0.25) is 0 Å². The molecular weight excluding hydrogens is 398 g/mol. The fourth-order valence-electron chi connectivity index (χ4n) is 3.32. The van der Waals surface area contributed by atoms with Crippen molar-refractivity contribution in [1.82, 2.24) is 15.0 Å². The average molecular weight is 412 g/mol. The molecule has 128 valence electrons. The highest BCUT2D eigenvalue weighted by atomic mass is 79.9. The molecule has 2 heterocycles. The van der Waals surface area contributed by atoms with Crippen LogP contribution in [-0.4, -0.2) is 15.0 Å². The molecule has 0 bridgehead atoms. The molecule has 0 saturated carbocycles. The van der Waals surface area contributed by atoms with Gasteiger partial charge in [-0.3, -0.25) is 4.98 Å². The van der Waals surface area contributed by atoms with Gasteiger partial charge in [-0.15, -0.1) is 0 Å². The molecule has 0 aliphatic heterocycles. The van der Waals surface area contributed by atoms with E-state index in [0.717, 1.165) is 43.1 Å². The summed E-state index contributed by atoms with van der Waals surface area (Å²) in [5.41, 5.74) is 3.68. The van der Waals surface area contributed by atoms with Gasteiger partial charge in [0.05, 0.1) is 11.2 Å². The molecule has 0 aliphatic rings. The maximum atomic E-state index is 4.91. The normalized spacial score (nSPS) is 11.1. The van der Waals surface area contributed by atoms with Gasteiger partial charge < -0.3 is 0 Å². The summed E-state index contributed by atoms with van der Waals surface area (Å²) < 4.78 is 0.954. The summed E-state index contributed by atoms with van der Waals surface area (Å²) in [5.74, 6) is 0.624. The molecule has 0 radical (unpaired) electrons. The minimum absolute atomic E-state index is 0.624. The Balaban J connectivity index is 1.90. The molecule has 3 nitrogen and oxygen atoms in total. The molecular formula is C23H14BrN3. The third kappa shape index (κ3) is 2.88. The van der Waals surface area contributed by atoms with Crippen molar-refractivity contribution in [3.05, 3.63) is 89.5 Å². The second-order valence-corrected chi connectivity index (χ2v) is 7.22. The van der Waals surface area contributed by atoms with Crippen LogP contribution < -0.4 is 0 Å². The number of nitrogens with zero attached hydrogens (tertiary/aromatic N) is 3. The molecule has 27 heavy (non-hydrogen) atoms. The van der Waals surface area contributed by atoms with E-state index in [9.17, 15) is 0 Å². The number of rotatable bonds is 2. The first-order chi connectivity index (χ1) is 13.3. The SMILES string of the molecule is Brc1ccnc(-c2nc(-c3ccccc3)c3ccc4ccccc4c3n2)c1. The van der Waals surface area contributed by atoms with E-state index in [1.54, 1.807) is 6.20 Å². The van der Waals surface area contributed by atoms with E-state index in [2.05, 4.69) is 57.3 Å². The summed E-state index contributed by atoms with van der Waals surface area (Å²) in [5, 5.41) is 3.32. The van der Waals surface area contributed by atoms with Gasteiger partial charge in [-0.05, 0) is 23.6 Å². The summed E-state index contributed by atoms with van der Waals surface area (Å²) in [6, 6.07) is 26.6. The number of halogens is 1. The van der Waals surface area contributed by atoms with Crippen molar-refractivity contribution in [3.63, 3.8) is 0 Å². The third-order valence-corrected chi connectivity index (χ3v) is 5.08. The van der Waals surface area contributed by atoms with E-state index in [4.69, 9.17) is 9.97 Å². The van der Waals surface area contributed by atoms with Gasteiger partial charge in [-0.25, -0.2) is 9.97 Å². The zero-order valence-corrected chi connectivity index (χ0v) is 15.9. The van der Waals surface area contributed by atoms with Gasteiger partial charge in [-0.2, -0.15) is 0 Å². The summed E-state index contributed by atoms with van der Waals surface area (Å²) in [7, 11) is 0. The van der Waals surface area contributed by atoms with Crippen molar-refractivity contribution >= 4 is 37.6 Å². The number of hydrogen-bond acceptors (Lipinski definition) is 3. The molecule has 0 aliphatic carbocycles. The monoisotopic (exact) mass is 411 g/mol. The summed E-state index contributed by atoms with van der Waals surface area (Å²) in [6.07, 6.45) is 1.76. The number of hydrogen-bond donors (Lipinski definition) is 0. The molecule has 0 atom stereocenters. The zero-order chi connectivity index (χ0) is 18.2. The number of aromatic nitrogens is 3. The Morgan fingerprint density at radius 1 is 0.704 bits per heavy atom. The fourth-order valence-corrected chi connectivity index (χ4v) is 3.66. The Bertz CT molecular complexity index is 1280. The van der Waals surface area contributed by atoms with Crippen LogP contribution in [0.5, 0.6) is 0 Å². The standard InChI is InChI=1S/C23H14BrN3/c24-17-12-13-25-20(14-17)23-26-21(16-7-2-1-3-8-16)19-11-10-15-6-4-5-9-18(15)22(19)27-23/h1-14H. The topological polar surface area (TPSA) is 38.7 Å². The van der Waals surface area contributed by atoms with Gasteiger partial charge in [0.25, 0.3) is 0 Å². The van der Waals surface area contributed by atoms with Crippen molar-refractivity contribution in [2.75, 3.05) is 0 Å². The maximum absolute atomic E-state index is 4.91. The molecule has 5 rings (SSSR count). The minimum Gasteiger partial charge on any atom is -0.253 e. The first kappa shape index (κ1) is 16.1. The molecule has 4 heteroatoms. The molecule has 0 fully saturated rings. The van der Waals surface area contributed by atoms with E-state index in [-0.39, 0.29) is 0 Å². The Morgan fingerprint density at radius 3 is 2.37 bits per heavy atom. The number of benzene rings is 3. The predicted octanol–water partition coefficient (Wildman–Crippen LogP) is 6.27. The third-order valence-electron chi connectivity index (χ3n) is 4.59. The number of pyridine rings is 1. The highest BCUT2D eigenvalue weighted by molar-refractivity contribution is 9.10. The van der Waals surface area contributed by atoms with Gasteiger partial charge in [0.1, 0.15) is 5.69 Å². The second kappa shape index (κ2) is 6.56. The van der Waals surface area contributed by atoms with Gasteiger partial charge >= 0.3 is 0 Å². The van der Waals surface area contributed by atoms with Crippen LogP contribution in [0.1, 0.15) is 0 Å². The summed E-state index contributed by atoms with van der Waals surface area (Å²) in [4.78, 5) is 14.3. The van der Waals surface area contributed by atoms with E-state index in [0.29, 0.717) is 5.82 Å².